The number of nitrogens with zero attached hydrogens (tertiary/aromatic N) is 2. The van der Waals surface area contributed by atoms with Crippen LogP contribution in [0.3, 0.4) is 0 Å². The van der Waals surface area contributed by atoms with Gasteiger partial charge in [-0.05, 0) is 130 Å². The quantitative estimate of drug-likeness (QED) is 0.0963. The number of rotatable bonds is 14. The summed E-state index contributed by atoms with van der Waals surface area (Å²) in [6.07, 6.45) is 12.5. The maximum Gasteiger partial charge on any atom is 0.0541 e. The first kappa shape index (κ1) is 40.6. The van der Waals surface area contributed by atoms with Gasteiger partial charge in [-0.2, -0.15) is 0 Å². The van der Waals surface area contributed by atoms with Crippen LogP contribution in [-0.4, -0.2) is 9.13 Å². The minimum atomic E-state index is -0.0295. The first-order chi connectivity index (χ1) is 31.6. The standard InChI is InChI=1S/C61H55BrN2/c1-3-5-7-15-37-61(38-16-8-6-4-2)55-39-44(42-23-30-47(31-24-42)63-57-20-12-9-17-51(57)52-18-10-13-21-58(52)63)27-34-49(55)50-35-28-45(40-56(50)61)43-25-32-48(33-26-43)64-59-22-14-11-19-53(59)54-41-46(62)29-36-60(54)64/h9-14,17-36,39-41H,3-8,15-16,37-38H2,1-2H3. The topological polar surface area (TPSA) is 9.86 Å². The number of benzene rings is 8. The Bertz CT molecular complexity index is 3240. The summed E-state index contributed by atoms with van der Waals surface area (Å²) in [5.41, 5.74) is 18.3. The van der Waals surface area contributed by atoms with E-state index in [0.29, 0.717) is 0 Å². The second-order valence-electron chi connectivity index (χ2n) is 18.2. The van der Waals surface area contributed by atoms with E-state index in [0.717, 1.165) is 4.47 Å². The number of unbranched alkanes of at least 4 members (excludes halogenated alkanes) is 6. The fourth-order valence-corrected chi connectivity index (χ4v) is 11.6. The molecule has 0 saturated carbocycles. The van der Waals surface area contributed by atoms with Crippen LogP contribution in [0.5, 0.6) is 0 Å². The maximum absolute atomic E-state index is 3.72. The summed E-state index contributed by atoms with van der Waals surface area (Å²) in [5.74, 6) is 0. The first-order valence-electron chi connectivity index (χ1n) is 23.7. The van der Waals surface area contributed by atoms with E-state index >= 15 is 0 Å². The number of hydrogen-bond acceptors (Lipinski definition) is 0. The van der Waals surface area contributed by atoms with E-state index in [2.05, 4.69) is 215 Å². The second-order valence-corrected chi connectivity index (χ2v) is 19.1. The Morgan fingerprint density at radius 2 is 0.781 bits per heavy atom. The van der Waals surface area contributed by atoms with Gasteiger partial charge in [0.05, 0.1) is 22.1 Å². The zero-order valence-corrected chi connectivity index (χ0v) is 38.7. The lowest BCUT2D eigenvalue weighted by Gasteiger charge is -2.33. The maximum atomic E-state index is 3.72. The number of fused-ring (bicyclic) bond motifs is 9. The van der Waals surface area contributed by atoms with Gasteiger partial charge in [0.25, 0.3) is 0 Å². The van der Waals surface area contributed by atoms with Crippen LogP contribution in [0.2, 0.25) is 0 Å². The van der Waals surface area contributed by atoms with Gasteiger partial charge >= 0.3 is 0 Å². The molecule has 3 heteroatoms. The summed E-state index contributed by atoms with van der Waals surface area (Å²) >= 11 is 3.72. The molecule has 8 aromatic carbocycles. The average Bonchev–Trinajstić information content (AvgIpc) is 3.95. The Hall–Kier alpha value is -6.16. The van der Waals surface area contributed by atoms with Gasteiger partial charge in [0.1, 0.15) is 0 Å². The second kappa shape index (κ2) is 17.1. The first-order valence-corrected chi connectivity index (χ1v) is 24.5. The monoisotopic (exact) mass is 894 g/mol. The zero-order chi connectivity index (χ0) is 43.2. The van der Waals surface area contributed by atoms with Crippen LogP contribution in [0.1, 0.15) is 89.2 Å². The van der Waals surface area contributed by atoms with Crippen molar-refractivity contribution < 1.29 is 0 Å². The lowest BCUT2D eigenvalue weighted by molar-refractivity contribution is 0.401. The van der Waals surface area contributed by atoms with E-state index in [1.807, 2.05) is 0 Å². The molecule has 0 N–H and O–H groups in total. The van der Waals surface area contributed by atoms with Crippen LogP contribution in [0.25, 0.3) is 88.4 Å². The van der Waals surface area contributed by atoms with Gasteiger partial charge in [-0.15, -0.1) is 0 Å². The van der Waals surface area contributed by atoms with Gasteiger partial charge in [-0.25, -0.2) is 0 Å². The number of para-hydroxylation sites is 3. The molecule has 1 aliphatic rings. The van der Waals surface area contributed by atoms with Crippen LogP contribution in [0, 0.1) is 0 Å². The molecule has 2 nitrogen and oxygen atoms in total. The van der Waals surface area contributed by atoms with Crippen LogP contribution in [0.15, 0.2) is 180 Å². The van der Waals surface area contributed by atoms with Crippen LogP contribution in [-0.2, 0) is 5.41 Å². The molecule has 0 aliphatic heterocycles. The zero-order valence-electron chi connectivity index (χ0n) is 37.1. The molecule has 0 amide bonds. The van der Waals surface area contributed by atoms with Gasteiger partial charge < -0.3 is 9.13 Å². The Labute approximate surface area is 386 Å². The van der Waals surface area contributed by atoms with Gasteiger partial charge in [0.2, 0.25) is 0 Å². The molecule has 1 aliphatic carbocycles. The van der Waals surface area contributed by atoms with Gasteiger partial charge in [-0.1, -0.05) is 184 Å². The molecule has 2 heterocycles. The molecule has 0 fully saturated rings. The molecule has 2 aromatic heterocycles. The highest BCUT2D eigenvalue weighted by Gasteiger charge is 2.42. The highest BCUT2D eigenvalue weighted by Crippen LogP contribution is 2.56. The summed E-state index contributed by atoms with van der Waals surface area (Å²) in [7, 11) is 0. The van der Waals surface area contributed by atoms with Gasteiger partial charge in [-0.3, -0.25) is 0 Å². The summed E-state index contributed by atoms with van der Waals surface area (Å²) in [6, 6.07) is 66.4. The minimum Gasteiger partial charge on any atom is -0.309 e. The van der Waals surface area contributed by atoms with E-state index in [-0.39, 0.29) is 5.41 Å². The molecule has 0 atom stereocenters. The van der Waals surface area contributed by atoms with Crippen molar-refractivity contribution in [3.05, 3.63) is 192 Å². The summed E-state index contributed by atoms with van der Waals surface area (Å²) in [4.78, 5) is 0. The smallest absolute Gasteiger partial charge is 0.0541 e. The van der Waals surface area contributed by atoms with Crippen molar-refractivity contribution in [1.29, 1.82) is 0 Å². The summed E-state index contributed by atoms with van der Waals surface area (Å²) in [5, 5.41) is 5.13. The van der Waals surface area contributed by atoms with E-state index in [1.165, 1.54) is 164 Å². The van der Waals surface area contributed by atoms with E-state index < -0.39 is 0 Å². The lowest BCUT2D eigenvalue weighted by Crippen LogP contribution is -2.25. The molecule has 316 valence electrons. The largest absolute Gasteiger partial charge is 0.309 e. The van der Waals surface area contributed by atoms with Crippen molar-refractivity contribution in [3.63, 3.8) is 0 Å². The predicted molar refractivity (Wildman–Crippen MR) is 277 cm³/mol. The minimum absolute atomic E-state index is 0.0295. The van der Waals surface area contributed by atoms with Crippen molar-refractivity contribution >= 4 is 59.5 Å². The van der Waals surface area contributed by atoms with E-state index in [9.17, 15) is 0 Å². The Morgan fingerprint density at radius 1 is 0.375 bits per heavy atom. The molecule has 0 unspecified atom stereocenters. The number of hydrogen-bond donors (Lipinski definition) is 0. The molecule has 0 radical (unpaired) electrons. The molecule has 0 bridgehead atoms. The number of halogens is 1. The van der Waals surface area contributed by atoms with Crippen LogP contribution in [0.4, 0.5) is 0 Å². The van der Waals surface area contributed by atoms with Crippen LogP contribution < -0.4 is 0 Å². The third-order valence-corrected chi connectivity index (χ3v) is 14.9. The number of aromatic nitrogens is 2. The third-order valence-electron chi connectivity index (χ3n) is 14.4. The SMILES string of the molecule is CCCCCCC1(CCCCCC)c2cc(-c3ccc(-n4c5ccccc5c5ccccc54)cc3)ccc2-c2ccc(-c3ccc(-n4c5ccccc5c5cc(Br)ccc54)cc3)cc21. The molecule has 0 saturated heterocycles. The lowest BCUT2D eigenvalue weighted by atomic mass is 9.70. The van der Waals surface area contributed by atoms with Crippen molar-refractivity contribution in [2.24, 2.45) is 0 Å². The van der Waals surface area contributed by atoms with Crippen molar-refractivity contribution in [3.8, 4) is 44.8 Å². The normalized spacial score (nSPS) is 13.0. The van der Waals surface area contributed by atoms with Crippen molar-refractivity contribution in [2.75, 3.05) is 0 Å². The van der Waals surface area contributed by atoms with Crippen molar-refractivity contribution in [1.82, 2.24) is 9.13 Å². The Balaban J connectivity index is 0.984. The van der Waals surface area contributed by atoms with Gasteiger partial charge in [0, 0.05) is 42.8 Å². The van der Waals surface area contributed by atoms with E-state index in [1.54, 1.807) is 0 Å². The van der Waals surface area contributed by atoms with E-state index in [4.69, 9.17) is 0 Å². The average molecular weight is 896 g/mol. The molecule has 11 rings (SSSR count). The third kappa shape index (κ3) is 6.91. The summed E-state index contributed by atoms with van der Waals surface area (Å²) < 4.78 is 5.93. The fraction of sp³-hybridized carbons (Fsp3) is 0.213. The highest BCUT2D eigenvalue weighted by atomic mass is 79.9. The Kier molecular flexibility index (Phi) is 10.8. The summed E-state index contributed by atoms with van der Waals surface area (Å²) in [6.45, 7) is 4.66. The Morgan fingerprint density at radius 3 is 1.23 bits per heavy atom. The van der Waals surface area contributed by atoms with Crippen molar-refractivity contribution in [2.45, 2.75) is 83.5 Å². The predicted octanol–water partition coefficient (Wildman–Crippen LogP) is 18.2. The molecular weight excluding hydrogens is 841 g/mol. The molecule has 0 spiro atoms. The van der Waals surface area contributed by atoms with Gasteiger partial charge in [0.15, 0.2) is 0 Å². The van der Waals surface area contributed by atoms with Crippen LogP contribution >= 0.6 is 15.9 Å². The highest BCUT2D eigenvalue weighted by molar-refractivity contribution is 9.10. The molecular formula is C61H55BrN2. The molecule has 64 heavy (non-hydrogen) atoms. The molecule has 10 aromatic rings. The fourth-order valence-electron chi connectivity index (χ4n) is 11.3.